The molecule has 0 spiro atoms. The molecule has 1 aliphatic carbocycles. The Balaban J connectivity index is 1.47. The van der Waals surface area contributed by atoms with Gasteiger partial charge in [-0.2, -0.15) is 0 Å². The number of benzene rings is 1. The van der Waals surface area contributed by atoms with Crippen LogP contribution in [-0.2, 0) is 13.0 Å². The Kier molecular flexibility index (Phi) is 4.34. The van der Waals surface area contributed by atoms with Crippen LogP contribution in [0.2, 0.25) is 0 Å². The van der Waals surface area contributed by atoms with Gasteiger partial charge in [0.1, 0.15) is 11.4 Å². The molecule has 1 heterocycles. The van der Waals surface area contributed by atoms with E-state index in [-0.39, 0.29) is 5.60 Å². The zero-order valence-corrected chi connectivity index (χ0v) is 13.4. The summed E-state index contributed by atoms with van der Waals surface area (Å²) in [6, 6.07) is 6.62. The van der Waals surface area contributed by atoms with Crippen molar-refractivity contribution in [1.82, 2.24) is 5.32 Å². The molecule has 0 radical (unpaired) electrons. The lowest BCUT2D eigenvalue weighted by molar-refractivity contribution is 0.138. The second-order valence-corrected chi connectivity index (χ2v) is 7.02. The highest BCUT2D eigenvalue weighted by Gasteiger charge is 2.29. The summed E-state index contributed by atoms with van der Waals surface area (Å²) in [6.45, 7) is 6.36. The van der Waals surface area contributed by atoms with Crippen LogP contribution >= 0.6 is 0 Å². The van der Waals surface area contributed by atoms with E-state index in [1.165, 1.54) is 43.2 Å². The lowest BCUT2D eigenvalue weighted by Crippen LogP contribution is -2.24. The maximum Gasteiger partial charge on any atom is 0.123 e. The molecule has 0 aromatic heterocycles. The van der Waals surface area contributed by atoms with Gasteiger partial charge in [-0.25, -0.2) is 0 Å². The molecule has 1 aromatic rings. The normalized spacial score (nSPS) is 19.8. The average Bonchev–Trinajstić information content (AvgIpc) is 2.78. The van der Waals surface area contributed by atoms with Gasteiger partial charge in [0.05, 0.1) is 0 Å². The minimum absolute atomic E-state index is 0.0398. The molecule has 0 saturated carbocycles. The minimum Gasteiger partial charge on any atom is -0.487 e. The number of ether oxygens (including phenoxy) is 1. The molecule has 0 saturated heterocycles. The maximum atomic E-state index is 5.93. The third-order valence-electron chi connectivity index (χ3n) is 4.46. The van der Waals surface area contributed by atoms with E-state index in [4.69, 9.17) is 4.74 Å². The van der Waals surface area contributed by atoms with Gasteiger partial charge < -0.3 is 10.1 Å². The van der Waals surface area contributed by atoms with E-state index in [0.717, 1.165) is 25.3 Å². The van der Waals surface area contributed by atoms with Crippen LogP contribution < -0.4 is 10.1 Å². The number of allylic oxidation sites excluding steroid dienone is 1. The molecule has 0 atom stereocenters. The first kappa shape index (κ1) is 14.6. The molecule has 0 unspecified atom stereocenters. The number of hydrogen-bond donors (Lipinski definition) is 1. The Morgan fingerprint density at radius 3 is 2.95 bits per heavy atom. The summed E-state index contributed by atoms with van der Waals surface area (Å²) < 4.78 is 5.93. The third kappa shape index (κ3) is 3.88. The molecule has 3 rings (SSSR count). The zero-order valence-electron chi connectivity index (χ0n) is 13.4. The Hall–Kier alpha value is -1.28. The first-order valence-electron chi connectivity index (χ1n) is 8.32. The zero-order chi connectivity index (χ0) is 14.7. The summed E-state index contributed by atoms with van der Waals surface area (Å²) in [7, 11) is 0. The van der Waals surface area contributed by atoms with Crippen LogP contribution in [-0.4, -0.2) is 12.1 Å². The van der Waals surface area contributed by atoms with Crippen LogP contribution in [0.25, 0.3) is 0 Å². The molecule has 1 aliphatic heterocycles. The Labute approximate surface area is 128 Å². The van der Waals surface area contributed by atoms with Gasteiger partial charge in [-0.3, -0.25) is 0 Å². The van der Waals surface area contributed by atoms with Crippen molar-refractivity contribution < 1.29 is 4.74 Å². The van der Waals surface area contributed by atoms with Gasteiger partial charge in [-0.1, -0.05) is 23.8 Å². The van der Waals surface area contributed by atoms with E-state index in [0.29, 0.717) is 0 Å². The van der Waals surface area contributed by atoms with Crippen LogP contribution in [0.3, 0.4) is 0 Å². The fraction of sp³-hybridized carbons (Fsp3) is 0.579. The van der Waals surface area contributed by atoms with Crippen LogP contribution in [0.5, 0.6) is 5.75 Å². The molecule has 2 heteroatoms. The summed E-state index contributed by atoms with van der Waals surface area (Å²) in [6.07, 6.45) is 10.0. The third-order valence-corrected chi connectivity index (χ3v) is 4.46. The van der Waals surface area contributed by atoms with Gasteiger partial charge in [-0.15, -0.1) is 0 Å². The van der Waals surface area contributed by atoms with Gasteiger partial charge in [0.2, 0.25) is 0 Å². The minimum atomic E-state index is -0.0398. The standard InChI is InChI=1S/C19H27NO/c1-19(2)13-17-12-16(8-9-18(17)21-19)14-20-11-10-15-6-4-3-5-7-15/h6,8-9,12,20H,3-5,7,10-11,13-14H2,1-2H3. The Bertz CT molecular complexity index is 530. The van der Waals surface area contributed by atoms with Crippen molar-refractivity contribution in [3.05, 3.63) is 41.0 Å². The quantitative estimate of drug-likeness (QED) is 0.640. The first-order valence-corrected chi connectivity index (χ1v) is 8.32. The molecular weight excluding hydrogens is 258 g/mol. The van der Waals surface area contributed by atoms with E-state index in [2.05, 4.69) is 43.4 Å². The summed E-state index contributed by atoms with van der Waals surface area (Å²) in [5, 5.41) is 3.58. The van der Waals surface area contributed by atoms with Gasteiger partial charge in [-0.05, 0) is 69.7 Å². The molecule has 21 heavy (non-hydrogen) atoms. The van der Waals surface area contributed by atoms with Gasteiger partial charge in [0.15, 0.2) is 0 Å². The summed E-state index contributed by atoms with van der Waals surface area (Å²) >= 11 is 0. The molecule has 1 N–H and O–H groups in total. The highest BCUT2D eigenvalue weighted by atomic mass is 16.5. The summed E-state index contributed by atoms with van der Waals surface area (Å²) in [5.74, 6) is 1.07. The molecule has 0 amide bonds. The van der Waals surface area contributed by atoms with E-state index in [9.17, 15) is 0 Å². The Morgan fingerprint density at radius 1 is 1.24 bits per heavy atom. The van der Waals surface area contributed by atoms with E-state index in [1.54, 1.807) is 5.57 Å². The topological polar surface area (TPSA) is 21.3 Å². The van der Waals surface area contributed by atoms with Crippen molar-refractivity contribution in [3.8, 4) is 5.75 Å². The van der Waals surface area contributed by atoms with Crippen LogP contribution in [0.1, 0.15) is 57.1 Å². The molecule has 2 aliphatic rings. The number of nitrogens with one attached hydrogen (secondary N) is 1. The lowest BCUT2D eigenvalue weighted by Gasteiger charge is -2.16. The average molecular weight is 285 g/mol. The fourth-order valence-electron chi connectivity index (χ4n) is 3.39. The smallest absolute Gasteiger partial charge is 0.123 e. The fourth-order valence-corrected chi connectivity index (χ4v) is 3.39. The molecular formula is C19H27NO. The molecule has 114 valence electrons. The van der Waals surface area contributed by atoms with E-state index >= 15 is 0 Å². The van der Waals surface area contributed by atoms with Crippen LogP contribution in [0.15, 0.2) is 29.8 Å². The summed E-state index contributed by atoms with van der Waals surface area (Å²) in [5.41, 5.74) is 4.33. The second kappa shape index (κ2) is 6.23. The highest BCUT2D eigenvalue weighted by Crippen LogP contribution is 2.35. The second-order valence-electron chi connectivity index (χ2n) is 7.02. The van der Waals surface area contributed by atoms with Gasteiger partial charge in [0, 0.05) is 13.0 Å². The van der Waals surface area contributed by atoms with Gasteiger partial charge in [0.25, 0.3) is 0 Å². The predicted molar refractivity (Wildman–Crippen MR) is 87.7 cm³/mol. The maximum absolute atomic E-state index is 5.93. The van der Waals surface area contributed by atoms with E-state index in [1.807, 2.05) is 0 Å². The van der Waals surface area contributed by atoms with E-state index < -0.39 is 0 Å². The van der Waals surface area contributed by atoms with Crippen molar-refractivity contribution in [1.29, 1.82) is 0 Å². The first-order chi connectivity index (χ1) is 10.1. The molecule has 2 nitrogen and oxygen atoms in total. The largest absolute Gasteiger partial charge is 0.487 e. The summed E-state index contributed by atoms with van der Waals surface area (Å²) in [4.78, 5) is 0. The van der Waals surface area contributed by atoms with Crippen molar-refractivity contribution in [3.63, 3.8) is 0 Å². The number of rotatable bonds is 5. The highest BCUT2D eigenvalue weighted by molar-refractivity contribution is 5.41. The van der Waals surface area contributed by atoms with Crippen molar-refractivity contribution in [2.24, 2.45) is 0 Å². The molecule has 1 aromatic carbocycles. The number of hydrogen-bond acceptors (Lipinski definition) is 2. The lowest BCUT2D eigenvalue weighted by atomic mass is 9.97. The van der Waals surface area contributed by atoms with Crippen molar-refractivity contribution in [2.75, 3.05) is 6.54 Å². The number of fused-ring (bicyclic) bond motifs is 1. The van der Waals surface area contributed by atoms with Crippen LogP contribution in [0.4, 0.5) is 0 Å². The van der Waals surface area contributed by atoms with Crippen LogP contribution in [0, 0.1) is 0 Å². The van der Waals surface area contributed by atoms with Crippen molar-refractivity contribution in [2.45, 2.75) is 64.5 Å². The van der Waals surface area contributed by atoms with Gasteiger partial charge >= 0.3 is 0 Å². The predicted octanol–water partition coefficient (Wildman–Crippen LogP) is 4.38. The Morgan fingerprint density at radius 2 is 2.14 bits per heavy atom. The SMILES string of the molecule is CC1(C)Cc2cc(CNCCC3=CCCCC3)ccc2O1. The molecule has 0 bridgehead atoms. The molecule has 0 fully saturated rings. The van der Waals surface area contributed by atoms with Crippen molar-refractivity contribution >= 4 is 0 Å². The monoisotopic (exact) mass is 285 g/mol.